The lowest BCUT2D eigenvalue weighted by atomic mass is 9.84. The summed E-state index contributed by atoms with van der Waals surface area (Å²) in [6.07, 6.45) is 7.23. The summed E-state index contributed by atoms with van der Waals surface area (Å²) in [6.45, 7) is 17.1. The molecule has 0 saturated heterocycles. The summed E-state index contributed by atoms with van der Waals surface area (Å²) in [7, 11) is 3.76. The number of hydrazine groups is 1. The van der Waals surface area contributed by atoms with Crippen LogP contribution < -0.4 is 22.1 Å². The van der Waals surface area contributed by atoms with Crippen LogP contribution in [-0.2, 0) is 22.4 Å². The van der Waals surface area contributed by atoms with Gasteiger partial charge in [-0.1, -0.05) is 109 Å². The van der Waals surface area contributed by atoms with Crippen molar-refractivity contribution in [1.82, 2.24) is 20.0 Å². The minimum atomic E-state index is -2.73. The van der Waals surface area contributed by atoms with Gasteiger partial charge in [0.05, 0.1) is 22.9 Å². The van der Waals surface area contributed by atoms with Gasteiger partial charge in [0.25, 0.3) is 5.56 Å². The van der Waals surface area contributed by atoms with Crippen LogP contribution in [0.1, 0.15) is 144 Å². The monoisotopic (exact) mass is 1000 g/mol. The molecule has 1 aliphatic carbocycles. The third kappa shape index (κ3) is 18.9. The van der Waals surface area contributed by atoms with E-state index in [-0.39, 0.29) is 67.3 Å². The Hall–Kier alpha value is -4.96. The molecule has 16 heteroatoms. The normalized spacial score (nSPS) is 13.5. The molecular formula is C55H76BClF4N7O3. The fourth-order valence-corrected chi connectivity index (χ4v) is 8.77. The Morgan fingerprint density at radius 1 is 0.972 bits per heavy atom. The van der Waals surface area contributed by atoms with E-state index in [0.717, 1.165) is 24.7 Å². The first-order chi connectivity index (χ1) is 33.9. The maximum atomic E-state index is 15.2. The van der Waals surface area contributed by atoms with E-state index in [9.17, 15) is 22.4 Å². The maximum Gasteiger partial charge on any atom is 0.269 e. The number of aromatic nitrogens is 3. The van der Waals surface area contributed by atoms with Crippen molar-refractivity contribution >= 4 is 47.1 Å². The van der Waals surface area contributed by atoms with E-state index in [1.54, 1.807) is 29.9 Å². The van der Waals surface area contributed by atoms with Crippen LogP contribution in [-0.4, -0.2) is 66.0 Å². The van der Waals surface area contributed by atoms with Gasteiger partial charge in [-0.05, 0) is 105 Å². The molecule has 1 saturated carbocycles. The van der Waals surface area contributed by atoms with Gasteiger partial charge in [-0.2, -0.15) is 0 Å². The molecule has 5 aromatic rings. The Morgan fingerprint density at radius 3 is 2.17 bits per heavy atom. The SMILES string of the molecule is CC(=O)CNN.CCCC(=N)c1c(Cl)ccc(-n2c(C(Cc3cc(F)cc(F)c3)C(C)C)nc3nc(C4CCC(F)(F)CC4)cc(NCCc4ccccc4)c3c2=O)c1C.CCCCCCOC.C[B]C. The number of rotatable bonds is 20. The van der Waals surface area contributed by atoms with Crippen molar-refractivity contribution in [2.75, 3.05) is 32.1 Å². The molecule has 1 atom stereocenters. The first kappa shape index (κ1) is 60.3. The number of carbonyl (C=O) groups is 1. The van der Waals surface area contributed by atoms with Crippen LogP contribution in [0.15, 0.2) is 71.5 Å². The number of nitrogens with two attached hydrogens (primary N) is 1. The summed E-state index contributed by atoms with van der Waals surface area (Å²) in [6, 6.07) is 18.5. The standard InChI is InChI=1S/C43H46ClF4N5O.C7H16O.C3H8N2O.C2H6B/c1-5-9-34(49)38-26(4)37(13-12-33(38)44)53-41(32(25(2)3)22-28-20-30(45)23-31(46)21-28)52-40-39(42(53)54)36(50-19-16-27-10-7-6-8-11-27)24-35(51-40)29-14-17-43(47,48)18-15-29;1-3-4-5-6-7-8-2;1-3(6)2-5-4;1-3-2/h6-8,10-13,20-21,23-25,29,32,49H,5,9,14-19,22H2,1-4H3,(H,50,51);3-7H2,1-2H3;5H,2,4H2,1H3;1-2H3. The number of fused-ring (bicyclic) bond motifs is 1. The predicted molar refractivity (Wildman–Crippen MR) is 285 cm³/mol. The Labute approximate surface area is 425 Å². The molecule has 1 fully saturated rings. The molecule has 0 aliphatic heterocycles. The highest BCUT2D eigenvalue weighted by atomic mass is 35.5. The second-order valence-corrected chi connectivity index (χ2v) is 18.9. The van der Waals surface area contributed by atoms with Crippen molar-refractivity contribution in [3.05, 3.63) is 128 Å². The van der Waals surface area contributed by atoms with Crippen LogP contribution in [0.25, 0.3) is 16.7 Å². The van der Waals surface area contributed by atoms with Gasteiger partial charge in [0.2, 0.25) is 5.92 Å². The number of nitrogens with one attached hydrogen (secondary N) is 3. The van der Waals surface area contributed by atoms with Crippen LogP contribution in [0.5, 0.6) is 0 Å². The molecule has 2 aromatic heterocycles. The quantitative estimate of drug-likeness (QED) is 0.0150. The molecule has 387 valence electrons. The van der Waals surface area contributed by atoms with Crippen molar-refractivity contribution < 1.29 is 27.1 Å². The van der Waals surface area contributed by atoms with Crippen LogP contribution in [0, 0.1) is 29.9 Å². The second-order valence-electron chi connectivity index (χ2n) is 18.5. The average molecular weight is 1010 g/mol. The molecule has 1 aliphatic rings. The number of benzene rings is 3. The maximum absolute atomic E-state index is 15.2. The summed E-state index contributed by atoms with van der Waals surface area (Å²) in [4.78, 5) is 35.2. The van der Waals surface area contributed by atoms with Crippen molar-refractivity contribution in [2.45, 2.75) is 150 Å². The topological polar surface area (TPSA) is 148 Å². The average Bonchev–Trinajstić information content (AvgIpc) is 3.30. The predicted octanol–water partition coefficient (Wildman–Crippen LogP) is 13.2. The summed E-state index contributed by atoms with van der Waals surface area (Å²) in [5.41, 5.74) is 6.54. The molecule has 3 aromatic carbocycles. The Balaban J connectivity index is 0.000000673. The zero-order valence-electron chi connectivity index (χ0n) is 43.3. The number of hydrogen-bond acceptors (Lipinski definition) is 9. The molecule has 10 nitrogen and oxygen atoms in total. The van der Waals surface area contributed by atoms with Crippen molar-refractivity contribution in [3.63, 3.8) is 0 Å². The number of ether oxygens (including phenoxy) is 1. The lowest BCUT2D eigenvalue weighted by Gasteiger charge is -2.29. The number of unbranched alkanes of at least 4 members (excludes halogenated alkanes) is 3. The van der Waals surface area contributed by atoms with E-state index in [2.05, 4.69) is 17.7 Å². The zero-order valence-corrected chi connectivity index (χ0v) is 44.1. The fraction of sp³-hybridized carbons (Fsp3) is 0.509. The summed E-state index contributed by atoms with van der Waals surface area (Å²) in [5, 5.41) is 12.9. The number of alkyl halides is 2. The Bertz CT molecular complexity index is 2470. The summed E-state index contributed by atoms with van der Waals surface area (Å²) in [5.74, 6) is 0.0621. The molecule has 5 N–H and O–H groups in total. The number of carbonyl (C=O) groups excluding carboxylic acids is 1. The molecule has 71 heavy (non-hydrogen) atoms. The molecule has 1 radical (unpaired) electrons. The van der Waals surface area contributed by atoms with Gasteiger partial charge in [-0.3, -0.25) is 25.4 Å². The molecular weight excluding hydrogens is 929 g/mol. The number of Topliss-reactive ketones (excluding diaryl/α,β-unsaturated/α-hetero) is 1. The van der Waals surface area contributed by atoms with Gasteiger partial charge < -0.3 is 15.5 Å². The number of halogens is 5. The minimum absolute atomic E-state index is 0.0532. The molecule has 2 heterocycles. The van der Waals surface area contributed by atoms with Gasteiger partial charge in [-0.15, -0.1) is 0 Å². The van der Waals surface area contributed by atoms with Gasteiger partial charge in [0.15, 0.2) is 5.65 Å². The Morgan fingerprint density at radius 2 is 1.62 bits per heavy atom. The van der Waals surface area contributed by atoms with E-state index >= 15 is 4.79 Å². The highest BCUT2D eigenvalue weighted by molar-refractivity contribution is 6.34. The number of anilines is 1. The lowest BCUT2D eigenvalue weighted by molar-refractivity contribution is -0.116. The molecule has 0 spiro atoms. The molecule has 0 bridgehead atoms. The van der Waals surface area contributed by atoms with Crippen LogP contribution in [0.4, 0.5) is 23.2 Å². The molecule has 0 amide bonds. The van der Waals surface area contributed by atoms with Crippen LogP contribution in [0.2, 0.25) is 18.7 Å². The smallest absolute Gasteiger partial charge is 0.269 e. The van der Waals surface area contributed by atoms with Gasteiger partial charge in [0, 0.05) is 68.0 Å². The van der Waals surface area contributed by atoms with Gasteiger partial charge in [0.1, 0.15) is 35.9 Å². The van der Waals surface area contributed by atoms with Crippen molar-refractivity contribution in [3.8, 4) is 5.69 Å². The molecule has 1 unspecified atom stereocenters. The number of ketones is 1. The highest BCUT2D eigenvalue weighted by Gasteiger charge is 2.36. The minimum Gasteiger partial charge on any atom is -0.385 e. The van der Waals surface area contributed by atoms with Crippen LogP contribution >= 0.6 is 11.6 Å². The Kier molecular flexibility index (Phi) is 26.2. The second kappa shape index (κ2) is 30.8. The fourth-order valence-electron chi connectivity index (χ4n) is 8.45. The van der Waals surface area contributed by atoms with E-state index in [4.69, 9.17) is 37.6 Å². The largest absolute Gasteiger partial charge is 0.385 e. The third-order valence-corrected chi connectivity index (χ3v) is 12.4. The summed E-state index contributed by atoms with van der Waals surface area (Å²) >= 11 is 6.70. The number of methoxy groups -OCH3 is 1. The van der Waals surface area contributed by atoms with Gasteiger partial charge >= 0.3 is 0 Å². The number of pyridine rings is 1. The summed E-state index contributed by atoms with van der Waals surface area (Å²) < 4.78 is 64.0. The van der Waals surface area contributed by atoms with E-state index in [1.807, 2.05) is 79.0 Å². The number of nitrogens with zero attached hydrogens (tertiary/aromatic N) is 3. The third-order valence-electron chi connectivity index (χ3n) is 12.1. The highest BCUT2D eigenvalue weighted by Crippen LogP contribution is 2.42. The zero-order chi connectivity index (χ0) is 52.7. The van der Waals surface area contributed by atoms with E-state index in [0.29, 0.717) is 69.7 Å². The number of hydrogen-bond donors (Lipinski definition) is 4. The lowest BCUT2D eigenvalue weighted by Crippen LogP contribution is -2.30. The molecule has 6 rings (SSSR count). The first-order valence-electron chi connectivity index (χ1n) is 25.0. The van der Waals surface area contributed by atoms with E-state index in [1.165, 1.54) is 44.7 Å². The van der Waals surface area contributed by atoms with E-state index < -0.39 is 29.0 Å². The van der Waals surface area contributed by atoms with Crippen molar-refractivity contribution in [1.29, 1.82) is 5.41 Å². The first-order valence-corrected chi connectivity index (χ1v) is 25.4. The van der Waals surface area contributed by atoms with Crippen molar-refractivity contribution in [2.24, 2.45) is 11.8 Å². The van der Waals surface area contributed by atoms with Gasteiger partial charge in [-0.25, -0.2) is 27.5 Å². The van der Waals surface area contributed by atoms with Crippen LogP contribution in [0.3, 0.4) is 0 Å².